The maximum Gasteiger partial charge on any atom is 0.238 e. The zero-order chi connectivity index (χ0) is 18.9. The van der Waals surface area contributed by atoms with Crippen LogP contribution in [0, 0.1) is 5.92 Å². The molecule has 1 aliphatic heterocycles. The van der Waals surface area contributed by atoms with Crippen LogP contribution >= 0.6 is 11.6 Å². The summed E-state index contributed by atoms with van der Waals surface area (Å²) in [4.78, 5) is 26.1. The van der Waals surface area contributed by atoms with E-state index in [1.165, 1.54) is 29.2 Å². The fourth-order valence-corrected chi connectivity index (χ4v) is 3.51. The molecule has 0 aliphatic carbocycles. The molecule has 1 atom stereocenters. The molecule has 2 aromatic carbocycles. The average molecular weight is 394 g/mol. The molecule has 1 unspecified atom stereocenters. The number of primary sulfonamides is 1. The van der Waals surface area contributed by atoms with Crippen molar-refractivity contribution in [1.29, 1.82) is 0 Å². The SMILES string of the molecule is NS(=O)(=O)c1ccc(NC(=O)C2CC(=O)N(c3ccccc3Cl)C2)cc1. The lowest BCUT2D eigenvalue weighted by Crippen LogP contribution is -2.28. The van der Waals surface area contributed by atoms with Gasteiger partial charge >= 0.3 is 0 Å². The van der Waals surface area contributed by atoms with E-state index in [2.05, 4.69) is 5.32 Å². The van der Waals surface area contributed by atoms with Crippen LogP contribution in [0.1, 0.15) is 6.42 Å². The molecule has 1 fully saturated rings. The standard InChI is InChI=1S/C17H16ClN3O4S/c18-14-3-1-2-4-15(14)21-10-11(9-16(21)22)17(23)20-12-5-7-13(8-6-12)26(19,24)25/h1-8,11H,9-10H2,(H,20,23)(H2,19,24,25). The molecule has 1 aliphatic rings. The number of hydrogen-bond acceptors (Lipinski definition) is 4. The number of rotatable bonds is 4. The largest absolute Gasteiger partial charge is 0.326 e. The number of halogens is 1. The van der Waals surface area contributed by atoms with E-state index >= 15 is 0 Å². The summed E-state index contributed by atoms with van der Waals surface area (Å²) in [6.07, 6.45) is 0.0757. The monoisotopic (exact) mass is 393 g/mol. The minimum absolute atomic E-state index is 0.0450. The second-order valence-corrected chi connectivity index (χ2v) is 7.88. The zero-order valence-corrected chi connectivity index (χ0v) is 15.1. The van der Waals surface area contributed by atoms with Gasteiger partial charge in [-0.15, -0.1) is 0 Å². The Balaban J connectivity index is 1.70. The van der Waals surface area contributed by atoms with Gasteiger partial charge in [-0.3, -0.25) is 9.59 Å². The Hall–Kier alpha value is -2.42. The molecule has 0 aromatic heterocycles. The van der Waals surface area contributed by atoms with E-state index in [9.17, 15) is 18.0 Å². The summed E-state index contributed by atoms with van der Waals surface area (Å²) in [5.74, 6) is -1.03. The first-order chi connectivity index (χ1) is 12.3. The van der Waals surface area contributed by atoms with Gasteiger partial charge in [-0.2, -0.15) is 0 Å². The van der Waals surface area contributed by atoms with Crippen molar-refractivity contribution in [3.05, 3.63) is 53.6 Å². The van der Waals surface area contributed by atoms with E-state index in [0.29, 0.717) is 16.4 Å². The van der Waals surface area contributed by atoms with E-state index in [1.807, 2.05) is 0 Å². The first kappa shape index (κ1) is 18.4. The van der Waals surface area contributed by atoms with Gasteiger partial charge in [0, 0.05) is 18.7 Å². The lowest BCUT2D eigenvalue weighted by Gasteiger charge is -2.18. The lowest BCUT2D eigenvalue weighted by molar-refractivity contribution is -0.122. The normalized spacial score (nSPS) is 17.4. The Kier molecular flexibility index (Phi) is 4.99. The van der Waals surface area contributed by atoms with Gasteiger partial charge in [0.15, 0.2) is 0 Å². The molecule has 1 saturated heterocycles. The van der Waals surface area contributed by atoms with E-state index in [4.69, 9.17) is 16.7 Å². The molecule has 26 heavy (non-hydrogen) atoms. The van der Waals surface area contributed by atoms with Crippen LogP contribution < -0.4 is 15.4 Å². The predicted octanol–water partition coefficient (Wildman–Crippen LogP) is 1.98. The molecule has 0 radical (unpaired) electrons. The Labute approximate surface area is 155 Å². The van der Waals surface area contributed by atoms with Gasteiger partial charge in [0.1, 0.15) is 0 Å². The minimum Gasteiger partial charge on any atom is -0.326 e. The van der Waals surface area contributed by atoms with Gasteiger partial charge in [0.2, 0.25) is 21.8 Å². The van der Waals surface area contributed by atoms with Crippen LogP contribution in [0.5, 0.6) is 0 Å². The molecular formula is C17H16ClN3O4S. The highest BCUT2D eigenvalue weighted by Gasteiger charge is 2.35. The van der Waals surface area contributed by atoms with Gasteiger partial charge in [0.25, 0.3) is 0 Å². The molecule has 1 heterocycles. The molecule has 3 rings (SSSR count). The summed E-state index contributed by atoms with van der Waals surface area (Å²) >= 11 is 6.12. The van der Waals surface area contributed by atoms with Crippen LogP contribution in [0.3, 0.4) is 0 Å². The van der Waals surface area contributed by atoms with Crippen molar-refractivity contribution >= 4 is 44.8 Å². The van der Waals surface area contributed by atoms with Gasteiger partial charge in [0.05, 0.1) is 21.5 Å². The first-order valence-corrected chi connectivity index (χ1v) is 9.67. The third-order valence-corrected chi connectivity index (χ3v) is 5.34. The third kappa shape index (κ3) is 3.87. The fraction of sp³-hybridized carbons (Fsp3) is 0.176. The van der Waals surface area contributed by atoms with Gasteiger partial charge in [-0.05, 0) is 36.4 Å². The Bertz CT molecular complexity index is 960. The lowest BCUT2D eigenvalue weighted by atomic mass is 10.1. The van der Waals surface area contributed by atoms with Crippen molar-refractivity contribution in [3.8, 4) is 0 Å². The topological polar surface area (TPSA) is 110 Å². The molecule has 136 valence electrons. The van der Waals surface area contributed by atoms with Gasteiger partial charge < -0.3 is 10.2 Å². The molecule has 0 saturated carbocycles. The smallest absolute Gasteiger partial charge is 0.238 e. The molecule has 7 nitrogen and oxygen atoms in total. The number of nitrogens with two attached hydrogens (primary N) is 1. The number of carbonyl (C=O) groups excluding carboxylic acids is 2. The van der Waals surface area contributed by atoms with Crippen LogP contribution in [-0.2, 0) is 19.6 Å². The summed E-state index contributed by atoms with van der Waals surface area (Å²) in [7, 11) is -3.79. The summed E-state index contributed by atoms with van der Waals surface area (Å²) in [5.41, 5.74) is 0.998. The van der Waals surface area contributed by atoms with Crippen molar-refractivity contribution in [2.75, 3.05) is 16.8 Å². The molecule has 2 aromatic rings. The van der Waals surface area contributed by atoms with Crippen LogP contribution in [0.2, 0.25) is 5.02 Å². The summed E-state index contributed by atoms with van der Waals surface area (Å²) in [6, 6.07) is 12.5. The highest BCUT2D eigenvalue weighted by molar-refractivity contribution is 7.89. The Morgan fingerprint density at radius 1 is 1.15 bits per heavy atom. The van der Waals surface area contributed by atoms with Crippen molar-refractivity contribution in [2.45, 2.75) is 11.3 Å². The number of carbonyl (C=O) groups is 2. The predicted molar refractivity (Wildman–Crippen MR) is 98.4 cm³/mol. The van der Waals surface area contributed by atoms with Crippen molar-refractivity contribution in [1.82, 2.24) is 0 Å². The number of anilines is 2. The van der Waals surface area contributed by atoms with Gasteiger partial charge in [-0.1, -0.05) is 23.7 Å². The highest BCUT2D eigenvalue weighted by Crippen LogP contribution is 2.31. The van der Waals surface area contributed by atoms with Crippen LogP contribution in [0.25, 0.3) is 0 Å². The van der Waals surface area contributed by atoms with E-state index < -0.39 is 15.9 Å². The quantitative estimate of drug-likeness (QED) is 0.827. The molecule has 9 heteroatoms. The van der Waals surface area contributed by atoms with Crippen LogP contribution in [0.15, 0.2) is 53.4 Å². The zero-order valence-electron chi connectivity index (χ0n) is 13.6. The fourth-order valence-electron chi connectivity index (χ4n) is 2.76. The molecular weight excluding hydrogens is 378 g/mol. The number of para-hydroxylation sites is 1. The summed E-state index contributed by atoms with van der Waals surface area (Å²) in [6.45, 7) is 0.226. The maximum absolute atomic E-state index is 12.4. The summed E-state index contributed by atoms with van der Waals surface area (Å²) in [5, 5.41) is 8.16. The van der Waals surface area contributed by atoms with Crippen LogP contribution in [-0.4, -0.2) is 26.8 Å². The number of benzene rings is 2. The minimum atomic E-state index is -3.79. The highest BCUT2D eigenvalue weighted by atomic mass is 35.5. The average Bonchev–Trinajstić information content (AvgIpc) is 2.97. The molecule has 0 bridgehead atoms. The number of hydrogen-bond donors (Lipinski definition) is 2. The number of amides is 2. The van der Waals surface area contributed by atoms with E-state index in [-0.39, 0.29) is 29.7 Å². The van der Waals surface area contributed by atoms with Gasteiger partial charge in [-0.25, -0.2) is 13.6 Å². The molecule has 3 N–H and O–H groups in total. The van der Waals surface area contributed by atoms with Crippen molar-refractivity contribution in [3.63, 3.8) is 0 Å². The second-order valence-electron chi connectivity index (χ2n) is 5.92. The molecule has 2 amide bonds. The number of nitrogens with zero attached hydrogens (tertiary/aromatic N) is 1. The first-order valence-electron chi connectivity index (χ1n) is 7.74. The third-order valence-electron chi connectivity index (χ3n) is 4.09. The van der Waals surface area contributed by atoms with E-state index in [1.54, 1.807) is 24.3 Å². The molecule has 0 spiro atoms. The number of sulfonamides is 1. The maximum atomic E-state index is 12.4. The van der Waals surface area contributed by atoms with Crippen LogP contribution in [0.4, 0.5) is 11.4 Å². The van der Waals surface area contributed by atoms with Crippen molar-refractivity contribution < 1.29 is 18.0 Å². The van der Waals surface area contributed by atoms with Crippen molar-refractivity contribution in [2.24, 2.45) is 11.1 Å². The Morgan fingerprint density at radius 2 is 1.81 bits per heavy atom. The van der Waals surface area contributed by atoms with E-state index in [0.717, 1.165) is 0 Å². The Morgan fingerprint density at radius 3 is 2.42 bits per heavy atom. The summed E-state index contributed by atoms with van der Waals surface area (Å²) < 4.78 is 22.5. The number of nitrogens with one attached hydrogen (secondary N) is 1. The second kappa shape index (κ2) is 7.06.